The lowest BCUT2D eigenvalue weighted by molar-refractivity contribution is -0.128. The molecule has 4 nitrogen and oxygen atoms in total. The van der Waals surface area contributed by atoms with E-state index in [-0.39, 0.29) is 0 Å². The van der Waals surface area contributed by atoms with Gasteiger partial charge in [-0.3, -0.25) is 15.3 Å². The molecule has 1 radical (unpaired) electrons. The molecule has 14 heavy (non-hydrogen) atoms. The maximum absolute atomic E-state index is 10.3. The number of rotatable bonds is 10. The number of hydrogen-bond donors (Lipinski definition) is 0. The Hall–Kier alpha value is -1.06. The third-order valence-electron chi connectivity index (χ3n) is 1.98. The molecule has 1 amide bonds. The van der Waals surface area contributed by atoms with Crippen molar-refractivity contribution in [3.05, 3.63) is 0 Å². The van der Waals surface area contributed by atoms with Crippen molar-refractivity contribution in [2.75, 3.05) is 6.61 Å². The lowest BCUT2D eigenvalue weighted by Crippen LogP contribution is -1.96. The van der Waals surface area contributed by atoms with Gasteiger partial charge in [0.2, 0.25) is 5.91 Å². The second-order valence-electron chi connectivity index (χ2n) is 3.26. The fraction of sp³-hybridized carbons (Fsp3) is 0.800. The fourth-order valence-corrected chi connectivity index (χ4v) is 1.23. The summed E-state index contributed by atoms with van der Waals surface area (Å²) in [5.41, 5.74) is 6.68. The number of ether oxygens (including phenoxy) is 1. The summed E-state index contributed by atoms with van der Waals surface area (Å²) >= 11 is 0. The minimum atomic E-state index is -0.468. The summed E-state index contributed by atoms with van der Waals surface area (Å²) < 4.78 is 4.54. The van der Waals surface area contributed by atoms with E-state index >= 15 is 0 Å². The standard InChI is InChI=1S/C10H18NO3/c11-10(13)7-5-3-1-2-4-6-8-14-9-12/h9,11H,1-8H2. The first-order valence-electron chi connectivity index (χ1n) is 5.07. The zero-order valence-electron chi connectivity index (χ0n) is 8.46. The van der Waals surface area contributed by atoms with Gasteiger partial charge in [-0.1, -0.05) is 25.7 Å². The van der Waals surface area contributed by atoms with Crippen LogP contribution in [0.2, 0.25) is 0 Å². The molecule has 0 aromatic heterocycles. The molecule has 0 unspecified atom stereocenters. The molecule has 81 valence electrons. The molecule has 0 aliphatic heterocycles. The SMILES string of the molecule is [NH]C(=O)CCCCCCCCOC=O. The first kappa shape index (κ1) is 12.9. The molecule has 0 aliphatic carbocycles. The van der Waals surface area contributed by atoms with E-state index < -0.39 is 5.91 Å². The van der Waals surface area contributed by atoms with Crippen LogP contribution in [0, 0.1) is 0 Å². The highest BCUT2D eigenvalue weighted by molar-refractivity contribution is 5.72. The van der Waals surface area contributed by atoms with E-state index in [2.05, 4.69) is 4.74 Å². The third-order valence-corrected chi connectivity index (χ3v) is 1.98. The molecule has 0 fully saturated rings. The lowest BCUT2D eigenvalue weighted by Gasteiger charge is -2.00. The number of carbonyl (C=O) groups excluding carboxylic acids is 2. The Labute approximate surface area is 84.8 Å². The summed E-state index contributed by atoms with van der Waals surface area (Å²) in [6.45, 7) is 0.981. The molecule has 0 saturated heterocycles. The topological polar surface area (TPSA) is 67.2 Å². The van der Waals surface area contributed by atoms with Gasteiger partial charge in [0.1, 0.15) is 0 Å². The van der Waals surface area contributed by atoms with Crippen molar-refractivity contribution in [2.24, 2.45) is 0 Å². The van der Waals surface area contributed by atoms with Gasteiger partial charge in [0, 0.05) is 6.42 Å². The Balaban J connectivity index is 2.92. The minimum absolute atomic E-state index is 0.383. The molecule has 0 atom stereocenters. The zero-order chi connectivity index (χ0) is 10.6. The fourth-order valence-electron chi connectivity index (χ4n) is 1.23. The summed E-state index contributed by atoms with van der Waals surface area (Å²) in [4.78, 5) is 20.0. The van der Waals surface area contributed by atoms with E-state index in [4.69, 9.17) is 5.73 Å². The normalized spacial score (nSPS) is 9.71. The first-order valence-corrected chi connectivity index (χ1v) is 5.07. The van der Waals surface area contributed by atoms with E-state index in [1.807, 2.05) is 0 Å². The minimum Gasteiger partial charge on any atom is -0.468 e. The van der Waals surface area contributed by atoms with Crippen LogP contribution in [0.4, 0.5) is 0 Å². The van der Waals surface area contributed by atoms with Crippen LogP contribution < -0.4 is 5.73 Å². The van der Waals surface area contributed by atoms with E-state index in [1.165, 1.54) is 0 Å². The number of unbranched alkanes of at least 4 members (excludes halogenated alkanes) is 5. The maximum atomic E-state index is 10.3. The smallest absolute Gasteiger partial charge is 0.293 e. The summed E-state index contributed by atoms with van der Waals surface area (Å²) in [5.74, 6) is -0.468. The molecule has 0 rings (SSSR count). The van der Waals surface area contributed by atoms with E-state index in [0.29, 0.717) is 19.5 Å². The van der Waals surface area contributed by atoms with Crippen LogP contribution >= 0.6 is 0 Å². The quantitative estimate of drug-likeness (QED) is 0.398. The molecule has 4 heteroatoms. The Kier molecular flexibility index (Phi) is 9.26. The highest BCUT2D eigenvalue weighted by atomic mass is 16.5. The molecule has 1 N–H and O–H groups in total. The van der Waals surface area contributed by atoms with E-state index in [9.17, 15) is 9.59 Å². The van der Waals surface area contributed by atoms with Gasteiger partial charge in [-0.15, -0.1) is 0 Å². The molecule has 0 spiro atoms. The van der Waals surface area contributed by atoms with Crippen LogP contribution in [0.15, 0.2) is 0 Å². The molecule has 0 saturated carbocycles. The van der Waals surface area contributed by atoms with Crippen molar-refractivity contribution in [3.8, 4) is 0 Å². The largest absolute Gasteiger partial charge is 0.468 e. The average Bonchev–Trinajstić information content (AvgIpc) is 2.15. The Bertz CT molecular complexity index is 159. The summed E-state index contributed by atoms with van der Waals surface area (Å²) in [7, 11) is 0. The number of amides is 1. The molecule has 0 aliphatic rings. The molecule has 0 bridgehead atoms. The number of carbonyl (C=O) groups is 2. The lowest BCUT2D eigenvalue weighted by atomic mass is 10.1. The summed E-state index contributed by atoms with van der Waals surface area (Å²) in [6, 6.07) is 0. The molecule has 0 heterocycles. The van der Waals surface area contributed by atoms with Crippen molar-refractivity contribution in [3.63, 3.8) is 0 Å². The van der Waals surface area contributed by atoms with Gasteiger partial charge in [-0.2, -0.15) is 0 Å². The van der Waals surface area contributed by atoms with Gasteiger partial charge < -0.3 is 4.74 Å². The summed E-state index contributed by atoms with van der Waals surface area (Å²) in [6.07, 6.45) is 6.39. The van der Waals surface area contributed by atoms with Crippen LogP contribution in [-0.2, 0) is 14.3 Å². The van der Waals surface area contributed by atoms with Crippen molar-refractivity contribution >= 4 is 12.4 Å². The summed E-state index contributed by atoms with van der Waals surface area (Å²) in [5, 5.41) is 0. The van der Waals surface area contributed by atoms with E-state index in [0.717, 1.165) is 38.5 Å². The number of nitrogens with one attached hydrogen (secondary N) is 1. The van der Waals surface area contributed by atoms with Crippen molar-refractivity contribution in [2.45, 2.75) is 44.9 Å². The predicted octanol–water partition coefficient (Wildman–Crippen LogP) is 1.70. The molecular formula is C10H18NO3. The second-order valence-corrected chi connectivity index (χ2v) is 3.26. The van der Waals surface area contributed by atoms with Gasteiger partial charge in [-0.25, -0.2) is 0 Å². The van der Waals surface area contributed by atoms with Crippen molar-refractivity contribution < 1.29 is 14.3 Å². The third kappa shape index (κ3) is 10.9. The van der Waals surface area contributed by atoms with Gasteiger partial charge in [-0.05, 0) is 12.8 Å². The monoisotopic (exact) mass is 200 g/mol. The Morgan fingerprint density at radius 2 is 1.64 bits per heavy atom. The highest BCUT2D eigenvalue weighted by Crippen LogP contribution is 2.06. The highest BCUT2D eigenvalue weighted by Gasteiger charge is 1.95. The average molecular weight is 200 g/mol. The van der Waals surface area contributed by atoms with Crippen molar-refractivity contribution in [1.29, 1.82) is 0 Å². The van der Waals surface area contributed by atoms with Crippen LogP contribution in [0.3, 0.4) is 0 Å². The second kappa shape index (κ2) is 10.0. The first-order chi connectivity index (χ1) is 6.77. The van der Waals surface area contributed by atoms with Crippen molar-refractivity contribution in [1.82, 2.24) is 5.73 Å². The predicted molar refractivity (Wildman–Crippen MR) is 52.4 cm³/mol. The van der Waals surface area contributed by atoms with Crippen LogP contribution in [0.25, 0.3) is 0 Å². The maximum Gasteiger partial charge on any atom is 0.293 e. The van der Waals surface area contributed by atoms with Crippen LogP contribution in [0.5, 0.6) is 0 Å². The Morgan fingerprint density at radius 1 is 1.07 bits per heavy atom. The van der Waals surface area contributed by atoms with Gasteiger partial charge >= 0.3 is 0 Å². The van der Waals surface area contributed by atoms with Crippen LogP contribution in [-0.4, -0.2) is 19.0 Å². The molecule has 0 aromatic rings. The molecule has 0 aromatic carbocycles. The zero-order valence-corrected chi connectivity index (χ0v) is 8.46. The van der Waals surface area contributed by atoms with Crippen LogP contribution in [0.1, 0.15) is 44.9 Å². The van der Waals surface area contributed by atoms with Gasteiger partial charge in [0.05, 0.1) is 6.61 Å². The molecular weight excluding hydrogens is 182 g/mol. The van der Waals surface area contributed by atoms with Gasteiger partial charge in [0.25, 0.3) is 6.47 Å². The number of hydrogen-bond acceptors (Lipinski definition) is 3. The Morgan fingerprint density at radius 3 is 2.21 bits per heavy atom. The van der Waals surface area contributed by atoms with Gasteiger partial charge in [0.15, 0.2) is 0 Å². The van der Waals surface area contributed by atoms with E-state index in [1.54, 1.807) is 0 Å².